The number of hydrogen-bond donors (Lipinski definition) is 1. The maximum atomic E-state index is 11.4. The number of rotatable bonds is 1. The lowest BCUT2D eigenvalue weighted by molar-refractivity contribution is 0.955. The number of nitrogens with zero attached hydrogens (tertiary/aromatic N) is 2. The van der Waals surface area contributed by atoms with Gasteiger partial charge in [-0.2, -0.15) is 0 Å². The van der Waals surface area contributed by atoms with Gasteiger partial charge in [-0.3, -0.25) is 9.36 Å². The van der Waals surface area contributed by atoms with Crippen molar-refractivity contribution in [3.63, 3.8) is 0 Å². The first-order chi connectivity index (χ1) is 9.47. The van der Waals surface area contributed by atoms with Crippen LogP contribution in [0.2, 0.25) is 0 Å². The second-order valence-electron chi connectivity index (χ2n) is 4.63. The largest absolute Gasteiger partial charge is 0.322 e. The van der Waals surface area contributed by atoms with E-state index in [0.29, 0.717) is 0 Å². The Balaban J connectivity index is 2.33. The van der Waals surface area contributed by atoms with Gasteiger partial charge in [-0.15, -0.1) is 0 Å². The maximum absolute atomic E-state index is 11.4. The summed E-state index contributed by atoms with van der Waals surface area (Å²) in [6.07, 6.45) is 0. The van der Waals surface area contributed by atoms with E-state index in [9.17, 15) is 4.79 Å². The molecule has 0 unspecified atom stereocenters. The van der Waals surface area contributed by atoms with Crippen molar-refractivity contribution in [3.05, 3.63) is 53.4 Å². The zero-order valence-corrected chi connectivity index (χ0v) is 15.2. The Labute approximate surface area is 142 Å². The van der Waals surface area contributed by atoms with Gasteiger partial charge in [0.15, 0.2) is 0 Å². The number of aromatic amines is 1. The Morgan fingerprint density at radius 1 is 1.20 bits per heavy atom. The van der Waals surface area contributed by atoms with Crippen LogP contribution >= 0.6 is 45.2 Å². The minimum absolute atomic E-state index is 0.0729. The lowest BCUT2D eigenvalue weighted by Crippen LogP contribution is -2.05. The molecule has 20 heavy (non-hydrogen) atoms. The van der Waals surface area contributed by atoms with E-state index in [2.05, 4.69) is 71.8 Å². The fourth-order valence-corrected chi connectivity index (χ4v) is 3.67. The van der Waals surface area contributed by atoms with Gasteiger partial charge >= 0.3 is 0 Å². The third-order valence-corrected chi connectivity index (χ3v) is 6.00. The van der Waals surface area contributed by atoms with Crippen molar-refractivity contribution < 1.29 is 0 Å². The minimum atomic E-state index is -0.0729. The van der Waals surface area contributed by atoms with Crippen LogP contribution in [0.1, 0.15) is 11.4 Å². The molecule has 2 heterocycles. The third kappa shape index (κ3) is 2.28. The normalized spacial score (nSPS) is 11.2. The van der Waals surface area contributed by atoms with Gasteiger partial charge in [0.2, 0.25) is 5.56 Å². The van der Waals surface area contributed by atoms with Gasteiger partial charge in [-0.1, -0.05) is 0 Å². The topological polar surface area (TPSA) is 50.7 Å². The van der Waals surface area contributed by atoms with E-state index in [0.717, 1.165) is 35.4 Å². The summed E-state index contributed by atoms with van der Waals surface area (Å²) in [7, 11) is 0. The highest BCUT2D eigenvalue weighted by molar-refractivity contribution is 14.1. The van der Waals surface area contributed by atoms with Crippen LogP contribution in [-0.4, -0.2) is 14.5 Å². The molecule has 3 rings (SSSR count). The number of imidazole rings is 1. The van der Waals surface area contributed by atoms with E-state index in [4.69, 9.17) is 0 Å². The maximum Gasteiger partial charge on any atom is 0.248 e. The second-order valence-corrected chi connectivity index (χ2v) is 6.67. The van der Waals surface area contributed by atoms with E-state index in [1.165, 1.54) is 0 Å². The van der Waals surface area contributed by atoms with Crippen LogP contribution in [0.4, 0.5) is 0 Å². The van der Waals surface area contributed by atoms with Crippen molar-refractivity contribution in [3.8, 4) is 5.69 Å². The summed E-state index contributed by atoms with van der Waals surface area (Å²) in [6.45, 7) is 4.00. The number of pyridine rings is 1. The number of aromatic nitrogens is 3. The van der Waals surface area contributed by atoms with Crippen molar-refractivity contribution in [1.29, 1.82) is 0 Å². The molecule has 0 amide bonds. The molecule has 0 fully saturated rings. The van der Waals surface area contributed by atoms with Crippen LogP contribution in [0.25, 0.3) is 16.6 Å². The molecule has 0 saturated heterocycles. The quantitative estimate of drug-likeness (QED) is 0.530. The van der Waals surface area contributed by atoms with Gasteiger partial charge in [0, 0.05) is 17.1 Å². The molecule has 2 aromatic heterocycles. The summed E-state index contributed by atoms with van der Waals surface area (Å²) >= 11 is 4.55. The predicted octanol–water partition coefficient (Wildman–Crippen LogP) is 3.54. The molecule has 0 saturated carbocycles. The van der Waals surface area contributed by atoms with Gasteiger partial charge in [-0.05, 0) is 82.8 Å². The molecule has 102 valence electrons. The average Bonchev–Trinajstić information content (AvgIpc) is 2.64. The summed E-state index contributed by atoms with van der Waals surface area (Å²) in [4.78, 5) is 18.8. The van der Waals surface area contributed by atoms with E-state index in [1.54, 1.807) is 6.07 Å². The van der Waals surface area contributed by atoms with Crippen LogP contribution in [0, 0.1) is 21.2 Å². The number of fused-ring (bicyclic) bond motifs is 1. The highest BCUT2D eigenvalue weighted by Crippen LogP contribution is 2.25. The molecule has 0 spiro atoms. The number of aryl methyl sites for hydroxylation is 2. The van der Waals surface area contributed by atoms with E-state index >= 15 is 0 Å². The lowest BCUT2D eigenvalue weighted by atomic mass is 10.1. The summed E-state index contributed by atoms with van der Waals surface area (Å²) in [5.74, 6) is 0.960. The number of nitrogens with one attached hydrogen (secondary N) is 1. The van der Waals surface area contributed by atoms with Gasteiger partial charge in [0.25, 0.3) is 0 Å². The highest BCUT2D eigenvalue weighted by Gasteiger charge is 2.13. The molecule has 0 aliphatic carbocycles. The second kappa shape index (κ2) is 5.14. The van der Waals surface area contributed by atoms with Gasteiger partial charge in [0.1, 0.15) is 13.2 Å². The van der Waals surface area contributed by atoms with Gasteiger partial charge < -0.3 is 4.98 Å². The molecule has 1 N–H and O–H groups in total. The summed E-state index contributed by atoms with van der Waals surface area (Å²) in [6, 6.07) is 7.56. The zero-order chi connectivity index (χ0) is 14.4. The molecular weight excluding hydrogens is 480 g/mol. The smallest absolute Gasteiger partial charge is 0.248 e. The summed E-state index contributed by atoms with van der Waals surface area (Å²) in [5.41, 5.74) is 2.94. The zero-order valence-electron chi connectivity index (χ0n) is 10.9. The Kier molecular flexibility index (Phi) is 3.61. The van der Waals surface area contributed by atoms with Crippen LogP contribution in [0.15, 0.2) is 29.1 Å². The minimum Gasteiger partial charge on any atom is -0.322 e. The van der Waals surface area contributed by atoms with Crippen molar-refractivity contribution >= 4 is 56.1 Å². The highest BCUT2D eigenvalue weighted by atomic mass is 127. The van der Waals surface area contributed by atoms with Crippen molar-refractivity contribution in [1.82, 2.24) is 14.5 Å². The molecular formula is C14H11I2N3O. The van der Waals surface area contributed by atoms with Crippen LogP contribution in [-0.2, 0) is 0 Å². The monoisotopic (exact) mass is 491 g/mol. The van der Waals surface area contributed by atoms with Crippen molar-refractivity contribution in [2.45, 2.75) is 13.8 Å². The van der Waals surface area contributed by atoms with Crippen LogP contribution < -0.4 is 5.56 Å². The fraction of sp³-hybridized carbons (Fsp3) is 0.143. The SMILES string of the molecule is Cc1cc(-n2c(C)nc(I)c2I)cc2ccc(=O)[nH]c12. The molecule has 6 heteroatoms. The average molecular weight is 491 g/mol. The molecule has 0 aliphatic heterocycles. The predicted molar refractivity (Wildman–Crippen MR) is 96.6 cm³/mol. The number of halogens is 2. The first kappa shape index (κ1) is 14.1. The third-order valence-electron chi connectivity index (χ3n) is 3.22. The van der Waals surface area contributed by atoms with Crippen LogP contribution in [0.5, 0.6) is 0 Å². The van der Waals surface area contributed by atoms with Gasteiger partial charge in [0.05, 0.1) is 5.52 Å². The fourth-order valence-electron chi connectivity index (χ4n) is 2.33. The number of hydrogen-bond acceptors (Lipinski definition) is 2. The first-order valence-electron chi connectivity index (χ1n) is 6.02. The first-order valence-corrected chi connectivity index (χ1v) is 8.17. The standard InChI is InChI=1S/C14H11I2N3O/c1-7-5-10(19-8(2)17-13(15)14(19)16)6-9-3-4-11(20)18-12(7)9/h3-6H,1-2H3,(H,18,20). The van der Waals surface area contributed by atoms with Crippen molar-refractivity contribution in [2.75, 3.05) is 0 Å². The summed E-state index contributed by atoms with van der Waals surface area (Å²) in [5, 5.41) is 1.03. The van der Waals surface area contributed by atoms with E-state index in [-0.39, 0.29) is 5.56 Å². The molecule has 3 aromatic rings. The van der Waals surface area contributed by atoms with Crippen LogP contribution in [0.3, 0.4) is 0 Å². The van der Waals surface area contributed by atoms with E-state index < -0.39 is 0 Å². The Hall–Kier alpha value is -0.900. The molecule has 0 aliphatic rings. The number of benzene rings is 1. The molecule has 4 nitrogen and oxygen atoms in total. The Morgan fingerprint density at radius 3 is 2.60 bits per heavy atom. The number of H-pyrrole nitrogens is 1. The molecule has 0 radical (unpaired) electrons. The lowest BCUT2D eigenvalue weighted by Gasteiger charge is -2.10. The Bertz CT molecular complexity index is 880. The Morgan fingerprint density at radius 2 is 1.95 bits per heavy atom. The molecule has 1 aromatic carbocycles. The van der Waals surface area contributed by atoms with Crippen molar-refractivity contribution in [2.24, 2.45) is 0 Å². The molecule has 0 bridgehead atoms. The van der Waals surface area contributed by atoms with E-state index in [1.807, 2.05) is 19.9 Å². The molecule has 0 atom stereocenters. The van der Waals surface area contributed by atoms with Gasteiger partial charge in [-0.25, -0.2) is 4.98 Å². The summed E-state index contributed by atoms with van der Waals surface area (Å²) < 4.78 is 4.23.